The number of amides is 1. The van der Waals surface area contributed by atoms with Crippen LogP contribution >= 0.6 is 0 Å². The van der Waals surface area contributed by atoms with Crippen LogP contribution in [0, 0.1) is 0 Å². The lowest BCUT2D eigenvalue weighted by atomic mass is 10.1. The van der Waals surface area contributed by atoms with Crippen LogP contribution < -0.4 is 10.6 Å². The molecule has 2 atom stereocenters. The Hall–Kier alpha value is -1.53. The summed E-state index contributed by atoms with van der Waals surface area (Å²) in [5.41, 5.74) is 0.520. The molecule has 0 saturated carbocycles. The number of nitrogens with one attached hydrogen (secondary N) is 2. The van der Waals surface area contributed by atoms with Crippen LogP contribution in [0.2, 0.25) is 0 Å². The van der Waals surface area contributed by atoms with Gasteiger partial charge in [-0.3, -0.25) is 4.79 Å². The van der Waals surface area contributed by atoms with Crippen LogP contribution in [0.5, 0.6) is 0 Å². The van der Waals surface area contributed by atoms with Crippen molar-refractivity contribution in [2.45, 2.75) is 50.7 Å². The summed E-state index contributed by atoms with van der Waals surface area (Å²) in [5, 5.41) is 6.27. The molecule has 0 aromatic carbocycles. The molecule has 2 aliphatic heterocycles. The van der Waals surface area contributed by atoms with E-state index in [2.05, 4.69) is 20.6 Å². The normalized spacial score (nSPS) is 25.1. The van der Waals surface area contributed by atoms with Gasteiger partial charge in [-0.2, -0.15) is 0 Å². The van der Waals surface area contributed by atoms with E-state index in [1.807, 2.05) is 0 Å². The summed E-state index contributed by atoms with van der Waals surface area (Å²) in [4.78, 5) is 20.7. The Balaban J connectivity index is 1.45. The molecule has 0 bridgehead atoms. The number of nitrogens with zero attached hydrogens (tertiary/aromatic N) is 2. The maximum Gasteiger partial charge on any atom is 0.254 e. The van der Waals surface area contributed by atoms with Crippen molar-refractivity contribution >= 4 is 5.91 Å². The second kappa shape index (κ2) is 7.65. The molecule has 2 saturated heterocycles. The SMILES string of the molecule is O=C(NCCC1CCCCO1)c1cnc(C2CCCN2)nc1. The van der Waals surface area contributed by atoms with Crippen LogP contribution in [-0.4, -0.2) is 41.7 Å². The standard InChI is InChI=1S/C16H24N4O2/c21-16(18-8-6-13-4-1-2-9-22-13)12-10-19-15(20-11-12)14-5-3-7-17-14/h10-11,13-14,17H,1-9H2,(H,18,21). The van der Waals surface area contributed by atoms with Gasteiger partial charge in [-0.15, -0.1) is 0 Å². The Kier molecular flexibility index (Phi) is 5.34. The molecule has 2 N–H and O–H groups in total. The highest BCUT2D eigenvalue weighted by molar-refractivity contribution is 5.93. The van der Waals surface area contributed by atoms with Gasteiger partial charge in [-0.05, 0) is 45.1 Å². The average Bonchev–Trinajstić information content (AvgIpc) is 3.10. The summed E-state index contributed by atoms with van der Waals surface area (Å²) in [7, 11) is 0. The largest absolute Gasteiger partial charge is 0.378 e. The molecule has 1 aromatic rings. The maximum absolute atomic E-state index is 12.1. The van der Waals surface area contributed by atoms with E-state index in [0.717, 1.165) is 51.1 Å². The quantitative estimate of drug-likeness (QED) is 0.864. The Morgan fingerprint density at radius 3 is 2.82 bits per heavy atom. The molecule has 22 heavy (non-hydrogen) atoms. The van der Waals surface area contributed by atoms with E-state index in [-0.39, 0.29) is 11.9 Å². The topological polar surface area (TPSA) is 76.1 Å². The van der Waals surface area contributed by atoms with Gasteiger partial charge in [0.05, 0.1) is 17.7 Å². The van der Waals surface area contributed by atoms with E-state index in [1.165, 1.54) is 6.42 Å². The molecule has 3 rings (SSSR count). The summed E-state index contributed by atoms with van der Waals surface area (Å²) in [6.07, 6.45) is 10.1. The molecule has 6 nitrogen and oxygen atoms in total. The molecule has 2 aliphatic rings. The molecule has 1 amide bonds. The minimum absolute atomic E-state index is 0.109. The van der Waals surface area contributed by atoms with E-state index < -0.39 is 0 Å². The molecule has 2 fully saturated rings. The summed E-state index contributed by atoms with van der Waals surface area (Å²) in [5.74, 6) is 0.673. The fourth-order valence-electron chi connectivity index (χ4n) is 3.02. The molecule has 0 spiro atoms. The molecular weight excluding hydrogens is 280 g/mol. The van der Waals surface area contributed by atoms with Crippen LogP contribution in [0.3, 0.4) is 0 Å². The number of hydrogen-bond acceptors (Lipinski definition) is 5. The van der Waals surface area contributed by atoms with Gasteiger partial charge in [0.1, 0.15) is 5.82 Å². The maximum atomic E-state index is 12.1. The van der Waals surface area contributed by atoms with Gasteiger partial charge in [0, 0.05) is 25.5 Å². The van der Waals surface area contributed by atoms with Gasteiger partial charge in [-0.1, -0.05) is 0 Å². The first kappa shape index (κ1) is 15.4. The van der Waals surface area contributed by atoms with E-state index in [4.69, 9.17) is 4.74 Å². The van der Waals surface area contributed by atoms with Crippen LogP contribution in [0.4, 0.5) is 0 Å². The first-order chi connectivity index (χ1) is 10.8. The highest BCUT2D eigenvalue weighted by Crippen LogP contribution is 2.19. The second-order valence-electron chi connectivity index (χ2n) is 6.01. The zero-order chi connectivity index (χ0) is 15.2. The van der Waals surface area contributed by atoms with Crippen molar-refractivity contribution in [3.63, 3.8) is 0 Å². The van der Waals surface area contributed by atoms with Crippen LogP contribution in [0.25, 0.3) is 0 Å². The summed E-state index contributed by atoms with van der Waals surface area (Å²) in [6, 6.07) is 0.237. The average molecular weight is 304 g/mol. The highest BCUT2D eigenvalue weighted by atomic mass is 16.5. The fourth-order valence-corrected chi connectivity index (χ4v) is 3.02. The number of aromatic nitrogens is 2. The van der Waals surface area contributed by atoms with Crippen molar-refractivity contribution < 1.29 is 9.53 Å². The van der Waals surface area contributed by atoms with Crippen LogP contribution in [0.1, 0.15) is 60.7 Å². The lowest BCUT2D eigenvalue weighted by Crippen LogP contribution is -2.29. The first-order valence-electron chi connectivity index (χ1n) is 8.28. The first-order valence-corrected chi connectivity index (χ1v) is 8.28. The minimum Gasteiger partial charge on any atom is -0.378 e. The monoisotopic (exact) mass is 304 g/mol. The number of carbonyl (C=O) groups excluding carboxylic acids is 1. The van der Waals surface area contributed by atoms with Gasteiger partial charge in [0.2, 0.25) is 0 Å². The Bertz CT molecular complexity index is 479. The predicted octanol–water partition coefficient (Wildman–Crippen LogP) is 1.59. The van der Waals surface area contributed by atoms with Gasteiger partial charge in [-0.25, -0.2) is 9.97 Å². The van der Waals surface area contributed by atoms with Gasteiger partial charge < -0.3 is 15.4 Å². The molecule has 0 radical (unpaired) electrons. The molecule has 0 aliphatic carbocycles. The van der Waals surface area contributed by atoms with Gasteiger partial charge >= 0.3 is 0 Å². The van der Waals surface area contributed by atoms with Crippen molar-refractivity contribution in [3.8, 4) is 0 Å². The Morgan fingerprint density at radius 1 is 1.27 bits per heavy atom. The van der Waals surface area contributed by atoms with Crippen molar-refractivity contribution in [1.82, 2.24) is 20.6 Å². The van der Waals surface area contributed by atoms with Crippen molar-refractivity contribution in [2.75, 3.05) is 19.7 Å². The molecule has 3 heterocycles. The zero-order valence-corrected chi connectivity index (χ0v) is 12.9. The second-order valence-corrected chi connectivity index (χ2v) is 6.01. The van der Waals surface area contributed by atoms with E-state index in [9.17, 15) is 4.79 Å². The molecule has 2 unspecified atom stereocenters. The van der Waals surface area contributed by atoms with Crippen molar-refractivity contribution in [2.24, 2.45) is 0 Å². The van der Waals surface area contributed by atoms with E-state index in [0.29, 0.717) is 18.2 Å². The minimum atomic E-state index is -0.109. The van der Waals surface area contributed by atoms with Crippen LogP contribution in [0.15, 0.2) is 12.4 Å². The zero-order valence-electron chi connectivity index (χ0n) is 12.9. The fraction of sp³-hybridized carbons (Fsp3) is 0.688. The third-order valence-corrected chi connectivity index (χ3v) is 4.33. The summed E-state index contributed by atoms with van der Waals surface area (Å²) < 4.78 is 5.66. The summed E-state index contributed by atoms with van der Waals surface area (Å²) in [6.45, 7) is 2.50. The number of rotatable bonds is 5. The third kappa shape index (κ3) is 4.01. The molecule has 1 aromatic heterocycles. The van der Waals surface area contributed by atoms with Crippen LogP contribution in [-0.2, 0) is 4.74 Å². The number of carbonyl (C=O) groups is 1. The molecular formula is C16H24N4O2. The lowest BCUT2D eigenvalue weighted by molar-refractivity contribution is 0.0117. The number of hydrogen-bond donors (Lipinski definition) is 2. The molecule has 120 valence electrons. The summed E-state index contributed by atoms with van der Waals surface area (Å²) >= 11 is 0. The van der Waals surface area contributed by atoms with Crippen molar-refractivity contribution in [1.29, 1.82) is 0 Å². The Labute approximate surface area is 131 Å². The lowest BCUT2D eigenvalue weighted by Gasteiger charge is -2.22. The molecule has 6 heteroatoms. The highest BCUT2D eigenvalue weighted by Gasteiger charge is 2.19. The van der Waals surface area contributed by atoms with E-state index in [1.54, 1.807) is 12.4 Å². The van der Waals surface area contributed by atoms with E-state index >= 15 is 0 Å². The Morgan fingerprint density at radius 2 is 2.14 bits per heavy atom. The van der Waals surface area contributed by atoms with Gasteiger partial charge in [0.25, 0.3) is 5.91 Å². The van der Waals surface area contributed by atoms with Gasteiger partial charge in [0.15, 0.2) is 0 Å². The third-order valence-electron chi connectivity index (χ3n) is 4.33. The predicted molar refractivity (Wildman–Crippen MR) is 82.6 cm³/mol. The van der Waals surface area contributed by atoms with Crippen molar-refractivity contribution in [3.05, 3.63) is 23.8 Å². The number of ether oxygens (including phenoxy) is 1. The smallest absolute Gasteiger partial charge is 0.254 e.